The van der Waals surface area contributed by atoms with Gasteiger partial charge in [0.2, 0.25) is 5.91 Å². The maximum absolute atomic E-state index is 13.0. The molecule has 1 aliphatic heterocycles. The number of hydrogen-bond acceptors (Lipinski definition) is 5. The quantitative estimate of drug-likeness (QED) is 0.728. The van der Waals surface area contributed by atoms with E-state index < -0.39 is 0 Å². The summed E-state index contributed by atoms with van der Waals surface area (Å²) in [5.74, 6) is 0.747. The highest BCUT2D eigenvalue weighted by molar-refractivity contribution is 7.13. The molecule has 0 spiro atoms. The molecule has 7 heteroatoms. The molecule has 3 aromatic rings. The maximum Gasteiger partial charge on any atom is 0.267 e. The van der Waals surface area contributed by atoms with Crippen molar-refractivity contribution in [3.63, 3.8) is 0 Å². The Morgan fingerprint density at radius 3 is 2.88 bits per heavy atom. The second-order valence-corrected chi connectivity index (χ2v) is 6.68. The second-order valence-electron chi connectivity index (χ2n) is 5.74. The fourth-order valence-corrected chi connectivity index (χ4v) is 3.45. The van der Waals surface area contributed by atoms with Crippen molar-refractivity contribution in [1.29, 1.82) is 0 Å². The molecule has 1 aromatic carbocycles. The highest BCUT2D eigenvalue weighted by Crippen LogP contribution is 2.30. The number of thiophene rings is 1. The van der Waals surface area contributed by atoms with E-state index in [-0.39, 0.29) is 17.6 Å². The van der Waals surface area contributed by atoms with Crippen LogP contribution < -0.4 is 0 Å². The first-order chi connectivity index (χ1) is 11.7. The van der Waals surface area contributed by atoms with Gasteiger partial charge >= 0.3 is 0 Å². The van der Waals surface area contributed by atoms with Crippen molar-refractivity contribution in [3.8, 4) is 10.8 Å². The van der Waals surface area contributed by atoms with Crippen LogP contribution in [0.25, 0.3) is 10.8 Å². The van der Waals surface area contributed by atoms with E-state index in [1.807, 2.05) is 17.5 Å². The van der Waals surface area contributed by atoms with Crippen LogP contribution in [0.2, 0.25) is 0 Å². The first-order valence-corrected chi connectivity index (χ1v) is 8.47. The average molecular weight is 343 g/mol. The Kier molecular flexibility index (Phi) is 3.86. The monoisotopic (exact) mass is 343 g/mol. The molecule has 24 heavy (non-hydrogen) atoms. The van der Waals surface area contributed by atoms with Crippen molar-refractivity contribution in [2.45, 2.75) is 18.9 Å². The molecule has 0 saturated carbocycles. The molecule has 0 bridgehead atoms. The van der Waals surface area contributed by atoms with Crippen LogP contribution in [0.15, 0.2) is 46.3 Å². The Hall–Kier alpha value is -2.54. The van der Waals surface area contributed by atoms with Crippen molar-refractivity contribution in [2.75, 3.05) is 6.54 Å². The molecule has 1 unspecified atom stereocenters. The number of hydrogen-bond donors (Lipinski definition) is 0. The summed E-state index contributed by atoms with van der Waals surface area (Å²) in [4.78, 5) is 19.3. The molecule has 122 valence electrons. The minimum Gasteiger partial charge on any atom is -0.338 e. The van der Waals surface area contributed by atoms with Crippen molar-refractivity contribution in [2.24, 2.45) is 0 Å². The molecule has 2 aromatic heterocycles. The zero-order valence-electron chi connectivity index (χ0n) is 12.7. The van der Waals surface area contributed by atoms with E-state index in [9.17, 15) is 9.18 Å². The van der Waals surface area contributed by atoms with Gasteiger partial charge in [-0.1, -0.05) is 23.4 Å². The van der Waals surface area contributed by atoms with Crippen LogP contribution in [-0.2, 0) is 11.3 Å². The van der Waals surface area contributed by atoms with Gasteiger partial charge in [-0.05, 0) is 29.1 Å². The molecule has 4 rings (SSSR count). The summed E-state index contributed by atoms with van der Waals surface area (Å²) in [6, 6.07) is 10.0. The third-order valence-electron chi connectivity index (χ3n) is 4.04. The Bertz CT molecular complexity index is 845. The lowest BCUT2D eigenvalue weighted by Gasteiger charge is -2.16. The van der Waals surface area contributed by atoms with Crippen LogP contribution in [0.1, 0.15) is 23.7 Å². The van der Waals surface area contributed by atoms with E-state index in [4.69, 9.17) is 4.52 Å². The van der Waals surface area contributed by atoms with Crippen LogP contribution in [-0.4, -0.2) is 27.5 Å². The van der Waals surface area contributed by atoms with Crippen molar-refractivity contribution >= 4 is 17.2 Å². The van der Waals surface area contributed by atoms with Crippen molar-refractivity contribution in [1.82, 2.24) is 15.0 Å². The van der Waals surface area contributed by atoms with E-state index in [1.54, 1.807) is 17.0 Å². The number of nitrogens with zero attached hydrogens (tertiary/aromatic N) is 3. The van der Waals surface area contributed by atoms with Crippen molar-refractivity contribution in [3.05, 3.63) is 59.0 Å². The first-order valence-electron chi connectivity index (χ1n) is 7.59. The molecule has 1 fully saturated rings. The standard InChI is InChI=1S/C17H14FN3O2S/c18-13-5-3-11(4-6-13)9-21-10-12(8-15(21)22)16-19-17(23-20-16)14-2-1-7-24-14/h1-7,12H,8-10H2. The van der Waals surface area contributed by atoms with E-state index >= 15 is 0 Å². The summed E-state index contributed by atoms with van der Waals surface area (Å²) in [7, 11) is 0. The van der Waals surface area contributed by atoms with Crippen LogP contribution in [0.3, 0.4) is 0 Å². The van der Waals surface area contributed by atoms with Crippen LogP contribution in [0, 0.1) is 5.82 Å². The van der Waals surface area contributed by atoms with Crippen molar-refractivity contribution < 1.29 is 13.7 Å². The van der Waals surface area contributed by atoms with E-state index in [0.29, 0.717) is 31.2 Å². The average Bonchev–Trinajstić information content (AvgIpc) is 3.30. The molecular formula is C17H14FN3O2S. The third-order valence-corrected chi connectivity index (χ3v) is 4.90. The number of rotatable bonds is 4. The molecule has 1 atom stereocenters. The number of benzene rings is 1. The van der Waals surface area contributed by atoms with E-state index in [0.717, 1.165) is 10.4 Å². The second kappa shape index (κ2) is 6.16. The van der Waals surface area contributed by atoms with Gasteiger partial charge in [0.05, 0.1) is 4.88 Å². The van der Waals surface area contributed by atoms with E-state index in [2.05, 4.69) is 10.1 Å². The summed E-state index contributed by atoms with van der Waals surface area (Å²) in [6.45, 7) is 1.00. The Morgan fingerprint density at radius 1 is 1.29 bits per heavy atom. The number of likely N-dealkylation sites (tertiary alicyclic amines) is 1. The maximum atomic E-state index is 13.0. The minimum atomic E-state index is -0.280. The summed E-state index contributed by atoms with van der Waals surface area (Å²) in [6.07, 6.45) is 0.366. The van der Waals surface area contributed by atoms with Gasteiger partial charge in [0.25, 0.3) is 5.89 Å². The lowest BCUT2D eigenvalue weighted by molar-refractivity contribution is -0.128. The number of amides is 1. The van der Waals surface area contributed by atoms with Crippen LogP contribution >= 0.6 is 11.3 Å². The highest BCUT2D eigenvalue weighted by atomic mass is 32.1. The van der Waals surface area contributed by atoms with Gasteiger partial charge in [0, 0.05) is 25.4 Å². The molecule has 0 N–H and O–H groups in total. The molecule has 5 nitrogen and oxygen atoms in total. The zero-order valence-corrected chi connectivity index (χ0v) is 13.5. The fraction of sp³-hybridized carbons (Fsp3) is 0.235. The van der Waals surface area contributed by atoms with E-state index in [1.165, 1.54) is 23.5 Å². The number of aromatic nitrogens is 2. The predicted molar refractivity (Wildman–Crippen MR) is 86.8 cm³/mol. The zero-order chi connectivity index (χ0) is 16.5. The van der Waals surface area contributed by atoms with Crippen LogP contribution in [0.4, 0.5) is 4.39 Å². The summed E-state index contributed by atoms with van der Waals surface area (Å²) >= 11 is 1.53. The normalized spacial score (nSPS) is 17.6. The van der Waals surface area contributed by atoms with Gasteiger partial charge in [0.15, 0.2) is 5.82 Å². The minimum absolute atomic E-state index is 0.0480. The molecule has 1 aliphatic rings. The summed E-state index contributed by atoms with van der Waals surface area (Å²) < 4.78 is 18.3. The van der Waals surface area contributed by atoms with Gasteiger partial charge in [-0.25, -0.2) is 4.39 Å². The molecule has 0 aliphatic carbocycles. The topological polar surface area (TPSA) is 59.2 Å². The van der Waals surface area contributed by atoms with Gasteiger partial charge in [-0.3, -0.25) is 4.79 Å². The molecule has 0 radical (unpaired) electrons. The van der Waals surface area contributed by atoms with Gasteiger partial charge in [-0.15, -0.1) is 11.3 Å². The predicted octanol–water partition coefficient (Wildman–Crippen LogP) is 3.45. The largest absolute Gasteiger partial charge is 0.338 e. The van der Waals surface area contributed by atoms with Crippen LogP contribution in [0.5, 0.6) is 0 Å². The highest BCUT2D eigenvalue weighted by Gasteiger charge is 2.33. The number of halogens is 1. The summed E-state index contributed by atoms with van der Waals surface area (Å²) in [5, 5.41) is 5.98. The summed E-state index contributed by atoms with van der Waals surface area (Å²) in [5.41, 5.74) is 0.901. The Morgan fingerprint density at radius 2 is 2.12 bits per heavy atom. The molecule has 3 heterocycles. The van der Waals surface area contributed by atoms with Gasteiger partial charge in [0.1, 0.15) is 5.82 Å². The smallest absolute Gasteiger partial charge is 0.267 e. The molecule has 1 saturated heterocycles. The lowest BCUT2D eigenvalue weighted by atomic mass is 10.1. The Labute approximate surface area is 141 Å². The number of carbonyl (C=O) groups excluding carboxylic acids is 1. The lowest BCUT2D eigenvalue weighted by Crippen LogP contribution is -2.24. The SMILES string of the molecule is O=C1CC(c2noc(-c3cccs3)n2)CN1Cc1ccc(F)cc1. The van der Waals surface area contributed by atoms with Gasteiger partial charge < -0.3 is 9.42 Å². The molecular weight excluding hydrogens is 329 g/mol. The third kappa shape index (κ3) is 2.94. The Balaban J connectivity index is 1.47. The number of carbonyl (C=O) groups is 1. The first kappa shape index (κ1) is 15.0. The molecule has 1 amide bonds. The van der Waals surface area contributed by atoms with Gasteiger partial charge in [-0.2, -0.15) is 4.98 Å². The fourth-order valence-electron chi connectivity index (χ4n) is 2.81.